The minimum atomic E-state index is -0.811. The van der Waals surface area contributed by atoms with Gasteiger partial charge in [-0.25, -0.2) is 0 Å². The zero-order chi connectivity index (χ0) is 49.3. The van der Waals surface area contributed by atoms with Gasteiger partial charge < -0.3 is 14.2 Å². The Kier molecular flexibility index (Phi) is 53.4. The fraction of sp³-hybridized carbons (Fsp3) is 0.726. The molecule has 0 saturated heterocycles. The van der Waals surface area contributed by atoms with Gasteiger partial charge in [0, 0.05) is 19.3 Å². The number of hydrogen-bond donors (Lipinski definition) is 0. The Hall–Kier alpha value is -3.41. The molecule has 0 bridgehead atoms. The molecule has 0 aliphatic carbocycles. The molecule has 0 radical (unpaired) electrons. The van der Waals surface area contributed by atoms with Crippen molar-refractivity contribution < 1.29 is 28.6 Å². The third kappa shape index (κ3) is 53.5. The SMILES string of the molecule is CC/C=C\C/C=C\C/C=C\C/C=C\CCC(=O)OC(COC(=O)CCCCCCCCCC)COC(=O)CCCCCCCCCCCCCCCC/C=C\C/C=C\C/C=C\CCCCCCC. The molecule has 0 aromatic rings. The third-order valence-corrected chi connectivity index (χ3v) is 12.1. The summed E-state index contributed by atoms with van der Waals surface area (Å²) in [7, 11) is 0. The number of carbonyl (C=O) groups is 3. The van der Waals surface area contributed by atoms with Gasteiger partial charge in [0.2, 0.25) is 0 Å². The molecule has 0 rings (SSSR count). The van der Waals surface area contributed by atoms with Crippen molar-refractivity contribution in [1.82, 2.24) is 0 Å². The van der Waals surface area contributed by atoms with E-state index >= 15 is 0 Å². The van der Waals surface area contributed by atoms with Crippen LogP contribution < -0.4 is 0 Å². The molecule has 0 amide bonds. The molecular weight excluding hydrogens is 841 g/mol. The summed E-state index contributed by atoms with van der Waals surface area (Å²) < 4.78 is 16.7. The Labute approximate surface area is 420 Å². The molecule has 1 atom stereocenters. The fourth-order valence-corrected chi connectivity index (χ4v) is 7.88. The van der Waals surface area contributed by atoms with Gasteiger partial charge in [-0.2, -0.15) is 0 Å². The Morgan fingerprint density at radius 1 is 0.309 bits per heavy atom. The average Bonchev–Trinajstić information content (AvgIpc) is 3.34. The van der Waals surface area contributed by atoms with Gasteiger partial charge in [-0.05, 0) is 83.5 Å². The first kappa shape index (κ1) is 64.6. The molecular formula is C62H106O6. The van der Waals surface area contributed by atoms with Crippen LogP contribution in [0.1, 0.15) is 271 Å². The van der Waals surface area contributed by atoms with Gasteiger partial charge in [0.1, 0.15) is 13.2 Å². The summed E-state index contributed by atoms with van der Waals surface area (Å²) in [5, 5.41) is 0. The molecule has 0 spiro atoms. The maximum Gasteiger partial charge on any atom is 0.306 e. The molecule has 0 fully saturated rings. The van der Waals surface area contributed by atoms with Crippen molar-refractivity contribution in [3.05, 3.63) is 85.1 Å². The number of unbranched alkanes of at least 4 members (excludes halogenated alkanes) is 26. The molecule has 0 aliphatic rings. The van der Waals surface area contributed by atoms with Crippen LogP contribution in [0.2, 0.25) is 0 Å². The maximum atomic E-state index is 12.7. The highest BCUT2D eigenvalue weighted by molar-refractivity contribution is 5.71. The molecule has 0 N–H and O–H groups in total. The molecule has 6 nitrogen and oxygen atoms in total. The fourth-order valence-electron chi connectivity index (χ4n) is 7.88. The maximum absolute atomic E-state index is 12.7. The van der Waals surface area contributed by atoms with Gasteiger partial charge in [0.25, 0.3) is 0 Å². The smallest absolute Gasteiger partial charge is 0.306 e. The molecule has 68 heavy (non-hydrogen) atoms. The van der Waals surface area contributed by atoms with Crippen LogP contribution in [-0.2, 0) is 28.6 Å². The number of allylic oxidation sites excluding steroid dienone is 14. The van der Waals surface area contributed by atoms with Crippen LogP contribution in [-0.4, -0.2) is 37.2 Å². The van der Waals surface area contributed by atoms with Crippen molar-refractivity contribution in [2.24, 2.45) is 0 Å². The lowest BCUT2D eigenvalue weighted by Crippen LogP contribution is -2.30. The van der Waals surface area contributed by atoms with E-state index in [-0.39, 0.29) is 31.6 Å². The molecule has 0 saturated carbocycles. The molecule has 0 aromatic carbocycles. The zero-order valence-electron chi connectivity index (χ0n) is 44.6. The molecule has 0 aromatic heterocycles. The molecule has 6 heteroatoms. The van der Waals surface area contributed by atoms with Crippen molar-refractivity contribution in [3.63, 3.8) is 0 Å². The van der Waals surface area contributed by atoms with E-state index in [1.54, 1.807) is 0 Å². The lowest BCUT2D eigenvalue weighted by molar-refractivity contribution is -0.166. The number of esters is 3. The van der Waals surface area contributed by atoms with Crippen LogP contribution in [0.15, 0.2) is 85.1 Å². The van der Waals surface area contributed by atoms with E-state index in [1.807, 2.05) is 12.2 Å². The van der Waals surface area contributed by atoms with Gasteiger partial charge in [0.15, 0.2) is 6.10 Å². The largest absolute Gasteiger partial charge is 0.462 e. The lowest BCUT2D eigenvalue weighted by Gasteiger charge is -2.18. The summed E-state index contributed by atoms with van der Waals surface area (Å²) in [6, 6.07) is 0. The Morgan fingerprint density at radius 3 is 0.956 bits per heavy atom. The van der Waals surface area contributed by atoms with E-state index < -0.39 is 12.1 Å². The van der Waals surface area contributed by atoms with E-state index in [0.717, 1.165) is 77.0 Å². The third-order valence-electron chi connectivity index (χ3n) is 12.1. The van der Waals surface area contributed by atoms with Gasteiger partial charge in [-0.1, -0.05) is 254 Å². The summed E-state index contributed by atoms with van der Waals surface area (Å²) in [6.45, 7) is 6.42. The monoisotopic (exact) mass is 947 g/mol. The summed E-state index contributed by atoms with van der Waals surface area (Å²) >= 11 is 0. The normalized spacial score (nSPS) is 12.7. The Morgan fingerprint density at radius 2 is 0.603 bits per heavy atom. The lowest BCUT2D eigenvalue weighted by atomic mass is 10.0. The molecule has 0 heterocycles. The first-order chi connectivity index (χ1) is 33.5. The number of carbonyl (C=O) groups excluding carboxylic acids is 3. The predicted octanol–water partition coefficient (Wildman–Crippen LogP) is 19.2. The van der Waals surface area contributed by atoms with Crippen LogP contribution in [0.3, 0.4) is 0 Å². The van der Waals surface area contributed by atoms with E-state index in [1.165, 1.54) is 148 Å². The van der Waals surface area contributed by atoms with Gasteiger partial charge in [0.05, 0.1) is 0 Å². The molecule has 390 valence electrons. The van der Waals surface area contributed by atoms with Crippen molar-refractivity contribution in [2.45, 2.75) is 277 Å². The summed E-state index contributed by atoms with van der Waals surface area (Å²) in [6.07, 6.45) is 73.4. The first-order valence-corrected chi connectivity index (χ1v) is 28.6. The number of rotatable bonds is 51. The number of hydrogen-bond acceptors (Lipinski definition) is 6. The minimum Gasteiger partial charge on any atom is -0.462 e. The van der Waals surface area contributed by atoms with Gasteiger partial charge in [-0.3, -0.25) is 14.4 Å². The Balaban J connectivity index is 4.14. The summed E-state index contributed by atoms with van der Waals surface area (Å²) in [5.41, 5.74) is 0. The molecule has 1 unspecified atom stereocenters. The second-order valence-corrected chi connectivity index (χ2v) is 18.8. The zero-order valence-corrected chi connectivity index (χ0v) is 44.6. The van der Waals surface area contributed by atoms with E-state index in [0.29, 0.717) is 19.3 Å². The van der Waals surface area contributed by atoms with E-state index in [2.05, 4.69) is 93.7 Å². The van der Waals surface area contributed by atoms with E-state index in [4.69, 9.17) is 14.2 Å². The summed E-state index contributed by atoms with van der Waals surface area (Å²) in [5.74, 6) is -0.988. The van der Waals surface area contributed by atoms with Gasteiger partial charge >= 0.3 is 17.9 Å². The number of ether oxygens (including phenoxy) is 3. The topological polar surface area (TPSA) is 78.9 Å². The predicted molar refractivity (Wildman–Crippen MR) is 293 cm³/mol. The van der Waals surface area contributed by atoms with Crippen LogP contribution in [0.5, 0.6) is 0 Å². The Bertz CT molecular complexity index is 1320. The highest BCUT2D eigenvalue weighted by Gasteiger charge is 2.19. The minimum absolute atomic E-state index is 0.104. The van der Waals surface area contributed by atoms with Gasteiger partial charge in [-0.15, -0.1) is 0 Å². The van der Waals surface area contributed by atoms with Crippen LogP contribution in [0.4, 0.5) is 0 Å². The van der Waals surface area contributed by atoms with E-state index in [9.17, 15) is 14.4 Å². The van der Waals surface area contributed by atoms with Crippen LogP contribution in [0, 0.1) is 0 Å². The average molecular weight is 948 g/mol. The standard InChI is InChI=1S/C62H106O6/c1-4-7-10-13-16-19-21-23-24-25-26-27-28-29-30-31-32-33-34-35-36-37-38-40-41-43-46-49-52-55-61(64)67-58-59(57-66-60(63)54-51-48-45-18-15-12-9-6-3)68-62(65)56-53-50-47-44-42-39-22-20-17-14-11-8-5-2/h8,11,17,20-21,23,25-26,28-29,39,42,47,50,59H,4-7,9-10,12-16,18-19,22,24,27,30-38,40-41,43-46,48-49,51-58H2,1-3H3/b11-8-,20-17-,23-21-,26-25-,29-28-,42-39-,50-47-. The van der Waals surface area contributed by atoms with Crippen molar-refractivity contribution in [1.29, 1.82) is 0 Å². The summed E-state index contributed by atoms with van der Waals surface area (Å²) in [4.78, 5) is 37.9. The van der Waals surface area contributed by atoms with Crippen molar-refractivity contribution >= 4 is 17.9 Å². The highest BCUT2D eigenvalue weighted by atomic mass is 16.6. The van der Waals surface area contributed by atoms with Crippen LogP contribution in [0.25, 0.3) is 0 Å². The molecule has 0 aliphatic heterocycles. The van der Waals surface area contributed by atoms with Crippen molar-refractivity contribution in [2.75, 3.05) is 13.2 Å². The second-order valence-electron chi connectivity index (χ2n) is 18.8. The van der Waals surface area contributed by atoms with Crippen molar-refractivity contribution in [3.8, 4) is 0 Å². The van der Waals surface area contributed by atoms with Crippen LogP contribution >= 0.6 is 0 Å². The second kappa shape index (κ2) is 56.2. The quantitative estimate of drug-likeness (QED) is 0.0262. The highest BCUT2D eigenvalue weighted by Crippen LogP contribution is 2.15. The first-order valence-electron chi connectivity index (χ1n) is 28.6.